The SMILES string of the molecule is O=c1c(C2=NS(O)(O)c3cccc(OCc4ccc([N+](=O)[O-])cc4)c3N2)c(O)c2cccnc2n1Cc1ccccc1. The summed E-state index contributed by atoms with van der Waals surface area (Å²) in [5.41, 5.74) is 0.901. The Labute approximate surface area is 239 Å². The molecule has 1 aliphatic rings. The van der Waals surface area contributed by atoms with Crippen LogP contribution in [0.1, 0.15) is 16.7 Å². The van der Waals surface area contributed by atoms with E-state index in [1.54, 1.807) is 36.4 Å². The van der Waals surface area contributed by atoms with Crippen LogP contribution in [0.4, 0.5) is 11.4 Å². The van der Waals surface area contributed by atoms with E-state index in [-0.39, 0.29) is 57.6 Å². The van der Waals surface area contributed by atoms with Gasteiger partial charge in [-0.3, -0.25) is 28.6 Å². The molecule has 3 heterocycles. The van der Waals surface area contributed by atoms with Crippen LogP contribution in [-0.4, -0.2) is 34.5 Å². The molecule has 0 unspecified atom stereocenters. The van der Waals surface area contributed by atoms with Crippen molar-refractivity contribution in [3.8, 4) is 11.5 Å². The molecule has 4 N–H and O–H groups in total. The molecule has 13 heteroatoms. The fourth-order valence-electron chi connectivity index (χ4n) is 4.67. The third-order valence-corrected chi connectivity index (χ3v) is 8.07. The van der Waals surface area contributed by atoms with Gasteiger partial charge in [-0.1, -0.05) is 47.2 Å². The minimum Gasteiger partial charge on any atom is -0.506 e. The Bertz CT molecular complexity index is 1930. The lowest BCUT2D eigenvalue weighted by atomic mass is 10.1. The zero-order chi connectivity index (χ0) is 29.4. The van der Waals surface area contributed by atoms with Crippen molar-refractivity contribution in [3.63, 3.8) is 0 Å². The quantitative estimate of drug-likeness (QED) is 0.141. The lowest BCUT2D eigenvalue weighted by molar-refractivity contribution is -0.384. The van der Waals surface area contributed by atoms with Gasteiger partial charge < -0.3 is 15.2 Å². The van der Waals surface area contributed by atoms with Crippen LogP contribution in [-0.2, 0) is 13.2 Å². The Morgan fingerprint density at radius 2 is 1.71 bits per heavy atom. The predicted octanol–water partition coefficient (Wildman–Crippen LogP) is 5.53. The number of anilines is 1. The third-order valence-electron chi connectivity index (χ3n) is 6.70. The van der Waals surface area contributed by atoms with Gasteiger partial charge in [0, 0.05) is 18.3 Å². The number of para-hydroxylation sites is 1. The molecular weight excluding hydrogens is 562 g/mol. The first-order valence-corrected chi connectivity index (χ1v) is 14.1. The number of rotatable bonds is 7. The molecule has 0 saturated heterocycles. The maximum atomic E-state index is 13.9. The number of nitrogens with zero attached hydrogens (tertiary/aromatic N) is 4. The van der Waals surface area contributed by atoms with Crippen molar-refractivity contribution in [3.05, 3.63) is 128 Å². The molecule has 212 valence electrons. The molecule has 42 heavy (non-hydrogen) atoms. The third kappa shape index (κ3) is 4.92. The van der Waals surface area contributed by atoms with Crippen LogP contribution in [0.25, 0.3) is 11.0 Å². The number of fused-ring (bicyclic) bond motifs is 2. The Balaban J connectivity index is 1.41. The van der Waals surface area contributed by atoms with Crippen LogP contribution >= 0.6 is 10.8 Å². The molecule has 6 rings (SSSR count). The van der Waals surface area contributed by atoms with Crippen molar-refractivity contribution in [2.45, 2.75) is 18.0 Å². The molecule has 0 spiro atoms. The van der Waals surface area contributed by atoms with Gasteiger partial charge in [0.1, 0.15) is 39.9 Å². The number of hydrogen-bond donors (Lipinski definition) is 4. The Kier molecular flexibility index (Phi) is 6.82. The number of nitro benzene ring substituents is 1. The average molecular weight is 586 g/mol. The van der Waals surface area contributed by atoms with Crippen molar-refractivity contribution < 1.29 is 23.9 Å². The molecule has 3 aromatic carbocycles. The first kappa shape index (κ1) is 27.0. The number of nitro groups is 1. The van der Waals surface area contributed by atoms with Crippen LogP contribution in [0.15, 0.2) is 105 Å². The maximum absolute atomic E-state index is 13.9. The summed E-state index contributed by atoms with van der Waals surface area (Å²) in [6, 6.07) is 22.9. The Morgan fingerprint density at radius 1 is 0.952 bits per heavy atom. The average Bonchev–Trinajstić information content (AvgIpc) is 2.99. The van der Waals surface area contributed by atoms with Gasteiger partial charge >= 0.3 is 0 Å². The molecule has 5 aromatic rings. The van der Waals surface area contributed by atoms with Crippen LogP contribution in [0.3, 0.4) is 0 Å². The second kappa shape index (κ2) is 10.6. The van der Waals surface area contributed by atoms with E-state index in [1.807, 2.05) is 30.3 Å². The predicted molar refractivity (Wildman–Crippen MR) is 158 cm³/mol. The smallest absolute Gasteiger partial charge is 0.269 e. The highest BCUT2D eigenvalue weighted by molar-refractivity contribution is 8.23. The van der Waals surface area contributed by atoms with Crippen LogP contribution in [0.5, 0.6) is 11.5 Å². The highest BCUT2D eigenvalue weighted by Gasteiger charge is 2.32. The number of benzene rings is 3. The van der Waals surface area contributed by atoms with Gasteiger partial charge in [0.2, 0.25) is 0 Å². The van der Waals surface area contributed by atoms with Crippen LogP contribution in [0.2, 0.25) is 0 Å². The summed E-state index contributed by atoms with van der Waals surface area (Å²) >= 11 is 0. The molecule has 0 radical (unpaired) electrons. The summed E-state index contributed by atoms with van der Waals surface area (Å²) in [5.74, 6) is -0.449. The van der Waals surface area contributed by atoms with Crippen molar-refractivity contribution in [1.29, 1.82) is 0 Å². The van der Waals surface area contributed by atoms with Gasteiger partial charge in [0.25, 0.3) is 11.2 Å². The van der Waals surface area contributed by atoms with E-state index in [0.29, 0.717) is 5.56 Å². The Hall–Kier alpha value is -5.24. The first-order chi connectivity index (χ1) is 20.2. The highest BCUT2D eigenvalue weighted by atomic mass is 32.3. The molecule has 0 aliphatic carbocycles. The lowest BCUT2D eigenvalue weighted by Crippen LogP contribution is -2.33. The highest BCUT2D eigenvalue weighted by Crippen LogP contribution is 2.57. The van der Waals surface area contributed by atoms with Crippen LogP contribution < -0.4 is 15.6 Å². The number of aromatic hydroxyl groups is 1. The second-order valence-corrected chi connectivity index (χ2v) is 11.1. The summed E-state index contributed by atoms with van der Waals surface area (Å²) in [7, 11) is -3.82. The first-order valence-electron chi connectivity index (χ1n) is 12.6. The summed E-state index contributed by atoms with van der Waals surface area (Å²) in [6.45, 7) is 0.156. The minimum atomic E-state index is -3.82. The molecule has 0 bridgehead atoms. The van der Waals surface area contributed by atoms with Crippen molar-refractivity contribution in [2.24, 2.45) is 4.40 Å². The van der Waals surface area contributed by atoms with E-state index in [9.17, 15) is 29.1 Å². The van der Waals surface area contributed by atoms with E-state index in [4.69, 9.17) is 4.74 Å². The van der Waals surface area contributed by atoms with Gasteiger partial charge in [-0.15, -0.1) is 4.40 Å². The standard InChI is InChI=1S/C29H23N5O7S/c35-26-21-8-5-15-30-28(21)33(16-18-6-2-1-3-7-18)29(36)24(26)27-31-25-22(9-4-10-23(25)42(39,40)32-27)41-17-19-11-13-20(14-12-19)34(37)38/h1-15,35,39-40H,16-17H2,(H,31,32). The summed E-state index contributed by atoms with van der Waals surface area (Å²) in [5, 5.41) is 25.5. The van der Waals surface area contributed by atoms with E-state index in [2.05, 4.69) is 14.7 Å². The monoisotopic (exact) mass is 585 g/mol. The number of amidine groups is 1. The number of hydrogen-bond acceptors (Lipinski definition) is 10. The van der Waals surface area contributed by atoms with Gasteiger partial charge in [0.15, 0.2) is 5.84 Å². The van der Waals surface area contributed by atoms with Gasteiger partial charge in [-0.05, 0) is 47.5 Å². The number of ether oxygens (including phenoxy) is 1. The number of nitrogens with one attached hydrogen (secondary N) is 1. The molecule has 0 fully saturated rings. The molecule has 12 nitrogen and oxygen atoms in total. The number of aromatic nitrogens is 2. The largest absolute Gasteiger partial charge is 0.506 e. The molecule has 1 aliphatic heterocycles. The summed E-state index contributed by atoms with van der Waals surface area (Å²) in [4.78, 5) is 28.7. The molecule has 0 atom stereocenters. The Morgan fingerprint density at radius 3 is 2.45 bits per heavy atom. The minimum absolute atomic E-state index is 0.0125. The molecular formula is C29H23N5O7S. The summed E-state index contributed by atoms with van der Waals surface area (Å²) in [6.07, 6.45) is 1.51. The normalized spacial score (nSPS) is 14.4. The molecule has 2 aromatic heterocycles. The van der Waals surface area contributed by atoms with E-state index in [1.165, 1.54) is 29.0 Å². The van der Waals surface area contributed by atoms with Gasteiger partial charge in [-0.2, -0.15) is 0 Å². The van der Waals surface area contributed by atoms with Crippen molar-refractivity contribution in [1.82, 2.24) is 9.55 Å². The number of non-ortho nitro benzene ring substituents is 1. The summed E-state index contributed by atoms with van der Waals surface area (Å²) < 4.78 is 33.5. The number of pyridine rings is 2. The molecule has 0 saturated carbocycles. The van der Waals surface area contributed by atoms with Gasteiger partial charge in [0.05, 0.1) is 16.9 Å². The second-order valence-electron chi connectivity index (χ2n) is 9.40. The zero-order valence-corrected chi connectivity index (χ0v) is 22.6. The van der Waals surface area contributed by atoms with E-state index >= 15 is 0 Å². The van der Waals surface area contributed by atoms with Crippen LogP contribution in [0, 0.1) is 10.1 Å². The fraction of sp³-hybridized carbons (Fsp3) is 0.0690. The van der Waals surface area contributed by atoms with Gasteiger partial charge in [-0.25, -0.2) is 4.98 Å². The zero-order valence-electron chi connectivity index (χ0n) is 21.7. The maximum Gasteiger partial charge on any atom is 0.269 e. The lowest BCUT2D eigenvalue weighted by Gasteiger charge is -2.35. The van der Waals surface area contributed by atoms with E-state index < -0.39 is 27.0 Å². The van der Waals surface area contributed by atoms with Crippen molar-refractivity contribution >= 4 is 39.0 Å². The topological polar surface area (TPSA) is 172 Å². The fourth-order valence-corrected chi connectivity index (χ4v) is 5.85. The van der Waals surface area contributed by atoms with Crippen molar-refractivity contribution in [2.75, 3.05) is 5.32 Å². The van der Waals surface area contributed by atoms with E-state index in [0.717, 1.165) is 5.56 Å². The molecule has 0 amide bonds.